The van der Waals surface area contributed by atoms with Gasteiger partial charge in [-0.1, -0.05) is 60.7 Å². The highest BCUT2D eigenvalue weighted by atomic mass is 15.1. The molecular formula is C16H14N2. The second-order valence-electron chi connectivity index (χ2n) is 4.16. The van der Waals surface area contributed by atoms with Crippen molar-refractivity contribution in [2.24, 2.45) is 0 Å². The molecule has 2 N–H and O–H groups in total. The van der Waals surface area contributed by atoms with E-state index in [4.69, 9.17) is 0 Å². The molecule has 0 radical (unpaired) electrons. The Morgan fingerprint density at radius 2 is 1.44 bits per heavy atom. The van der Waals surface area contributed by atoms with Gasteiger partial charge in [-0.25, -0.2) is 0 Å². The molecule has 0 unspecified atom stereocenters. The average molecular weight is 234 g/mol. The first-order valence-electron chi connectivity index (χ1n) is 5.98. The van der Waals surface area contributed by atoms with Crippen LogP contribution in [0.25, 0.3) is 11.8 Å². The van der Waals surface area contributed by atoms with Gasteiger partial charge in [-0.2, -0.15) is 0 Å². The molecule has 0 aromatic heterocycles. The first-order chi connectivity index (χ1) is 8.92. The molecule has 0 amide bonds. The maximum absolute atomic E-state index is 3.37. The molecule has 1 aliphatic heterocycles. The van der Waals surface area contributed by atoms with Crippen LogP contribution in [0.5, 0.6) is 0 Å². The molecule has 0 saturated carbocycles. The zero-order valence-corrected chi connectivity index (χ0v) is 9.93. The SMILES string of the molecule is C(=C1NC=C(c2ccccc2)N1)c1ccccc1. The lowest BCUT2D eigenvalue weighted by Gasteiger charge is -2.04. The van der Waals surface area contributed by atoms with E-state index in [1.807, 2.05) is 42.6 Å². The lowest BCUT2D eigenvalue weighted by Crippen LogP contribution is -2.11. The smallest absolute Gasteiger partial charge is 0.108 e. The van der Waals surface area contributed by atoms with Crippen LogP contribution >= 0.6 is 0 Å². The predicted molar refractivity (Wildman–Crippen MR) is 75.1 cm³/mol. The summed E-state index contributed by atoms with van der Waals surface area (Å²) in [5.74, 6) is 1.00. The second kappa shape index (κ2) is 4.80. The second-order valence-corrected chi connectivity index (χ2v) is 4.16. The van der Waals surface area contributed by atoms with Crippen LogP contribution in [0.3, 0.4) is 0 Å². The molecule has 1 heterocycles. The third kappa shape index (κ3) is 2.28. The van der Waals surface area contributed by atoms with Gasteiger partial charge in [0.05, 0.1) is 5.70 Å². The molecule has 18 heavy (non-hydrogen) atoms. The molecule has 2 nitrogen and oxygen atoms in total. The van der Waals surface area contributed by atoms with Crippen molar-refractivity contribution < 1.29 is 0 Å². The van der Waals surface area contributed by atoms with E-state index in [1.165, 1.54) is 11.1 Å². The van der Waals surface area contributed by atoms with Crippen LogP contribution < -0.4 is 10.6 Å². The molecule has 0 aliphatic carbocycles. The Hall–Kier alpha value is -2.48. The zero-order valence-electron chi connectivity index (χ0n) is 9.93. The van der Waals surface area contributed by atoms with Crippen molar-refractivity contribution in [2.45, 2.75) is 0 Å². The summed E-state index contributed by atoms with van der Waals surface area (Å²) in [7, 11) is 0. The molecule has 88 valence electrons. The van der Waals surface area contributed by atoms with Crippen LogP contribution in [0.1, 0.15) is 11.1 Å². The quantitative estimate of drug-likeness (QED) is 0.834. The van der Waals surface area contributed by atoms with Crippen LogP contribution in [-0.4, -0.2) is 0 Å². The zero-order chi connectivity index (χ0) is 12.2. The van der Waals surface area contributed by atoms with Crippen molar-refractivity contribution in [3.8, 4) is 0 Å². The maximum atomic E-state index is 3.37. The maximum Gasteiger partial charge on any atom is 0.108 e. The van der Waals surface area contributed by atoms with E-state index in [0.717, 1.165) is 11.5 Å². The summed E-state index contributed by atoms with van der Waals surface area (Å²) < 4.78 is 0. The standard InChI is InChI=1S/C16H14N2/c1-3-7-13(8-4-1)11-16-17-12-15(18-16)14-9-5-2-6-10-14/h1-12,17-18H. The topological polar surface area (TPSA) is 24.1 Å². The highest BCUT2D eigenvalue weighted by Gasteiger charge is 2.09. The number of rotatable bonds is 2. The number of hydrogen-bond donors (Lipinski definition) is 2. The average Bonchev–Trinajstić information content (AvgIpc) is 2.89. The minimum atomic E-state index is 1.00. The van der Waals surface area contributed by atoms with Gasteiger partial charge in [0.2, 0.25) is 0 Å². The molecule has 2 aromatic rings. The summed E-state index contributed by atoms with van der Waals surface area (Å²) in [6, 6.07) is 20.5. The van der Waals surface area contributed by atoms with E-state index in [9.17, 15) is 0 Å². The van der Waals surface area contributed by atoms with Crippen LogP contribution in [0, 0.1) is 0 Å². The van der Waals surface area contributed by atoms with Gasteiger partial charge in [0.25, 0.3) is 0 Å². The molecule has 1 aliphatic rings. The molecule has 0 fully saturated rings. The fourth-order valence-electron chi connectivity index (χ4n) is 1.93. The van der Waals surface area contributed by atoms with Crippen LogP contribution in [0.2, 0.25) is 0 Å². The van der Waals surface area contributed by atoms with Crippen molar-refractivity contribution >= 4 is 11.8 Å². The summed E-state index contributed by atoms with van der Waals surface area (Å²) in [5, 5.41) is 6.61. The molecule has 2 aromatic carbocycles. The highest BCUT2D eigenvalue weighted by Crippen LogP contribution is 2.16. The van der Waals surface area contributed by atoms with Gasteiger partial charge in [0, 0.05) is 6.20 Å². The molecular weight excluding hydrogens is 220 g/mol. The third-order valence-corrected chi connectivity index (χ3v) is 2.84. The fraction of sp³-hybridized carbons (Fsp3) is 0. The summed E-state index contributed by atoms with van der Waals surface area (Å²) in [6.07, 6.45) is 4.08. The van der Waals surface area contributed by atoms with Crippen molar-refractivity contribution in [1.29, 1.82) is 0 Å². The first kappa shape index (κ1) is 10.7. The summed E-state index contributed by atoms with van der Waals surface area (Å²) in [6.45, 7) is 0. The van der Waals surface area contributed by atoms with Gasteiger partial charge in [0.15, 0.2) is 0 Å². The van der Waals surface area contributed by atoms with E-state index in [1.54, 1.807) is 0 Å². The lowest BCUT2D eigenvalue weighted by atomic mass is 10.2. The van der Waals surface area contributed by atoms with Gasteiger partial charge in [0.1, 0.15) is 5.82 Å². The van der Waals surface area contributed by atoms with E-state index in [-0.39, 0.29) is 0 Å². The Morgan fingerprint density at radius 1 is 0.778 bits per heavy atom. The lowest BCUT2D eigenvalue weighted by molar-refractivity contribution is 1.01. The molecule has 2 heteroatoms. The molecule has 0 spiro atoms. The Morgan fingerprint density at radius 3 is 2.17 bits per heavy atom. The Balaban J connectivity index is 1.77. The number of benzene rings is 2. The van der Waals surface area contributed by atoms with Crippen LogP contribution in [0.4, 0.5) is 0 Å². The van der Waals surface area contributed by atoms with E-state index in [0.29, 0.717) is 0 Å². The molecule has 3 rings (SSSR count). The summed E-state index contributed by atoms with van der Waals surface area (Å²) >= 11 is 0. The van der Waals surface area contributed by atoms with Gasteiger partial charge >= 0.3 is 0 Å². The van der Waals surface area contributed by atoms with E-state index >= 15 is 0 Å². The number of nitrogens with one attached hydrogen (secondary N) is 2. The van der Waals surface area contributed by atoms with Crippen LogP contribution in [0.15, 0.2) is 72.7 Å². The van der Waals surface area contributed by atoms with Gasteiger partial charge < -0.3 is 10.6 Å². The highest BCUT2D eigenvalue weighted by molar-refractivity contribution is 5.70. The normalized spacial score (nSPS) is 16.0. The van der Waals surface area contributed by atoms with Crippen molar-refractivity contribution in [2.75, 3.05) is 0 Å². The van der Waals surface area contributed by atoms with Crippen molar-refractivity contribution in [3.63, 3.8) is 0 Å². The fourth-order valence-corrected chi connectivity index (χ4v) is 1.93. The van der Waals surface area contributed by atoms with Crippen LogP contribution in [-0.2, 0) is 0 Å². The van der Waals surface area contributed by atoms with Crippen molar-refractivity contribution in [1.82, 2.24) is 10.6 Å². The summed E-state index contributed by atoms with van der Waals surface area (Å²) in [5.41, 5.74) is 3.45. The summed E-state index contributed by atoms with van der Waals surface area (Å²) in [4.78, 5) is 0. The molecule has 0 bridgehead atoms. The monoisotopic (exact) mass is 234 g/mol. The molecule has 0 atom stereocenters. The Bertz CT molecular complexity index is 583. The van der Waals surface area contributed by atoms with Gasteiger partial charge in [-0.3, -0.25) is 0 Å². The Labute approximate surface area is 107 Å². The largest absolute Gasteiger partial charge is 0.346 e. The van der Waals surface area contributed by atoms with E-state index in [2.05, 4.69) is 41.0 Å². The third-order valence-electron chi connectivity index (χ3n) is 2.84. The number of hydrogen-bond acceptors (Lipinski definition) is 2. The first-order valence-corrected chi connectivity index (χ1v) is 5.98. The predicted octanol–water partition coefficient (Wildman–Crippen LogP) is 3.18. The minimum absolute atomic E-state index is 1.00. The van der Waals surface area contributed by atoms with Crippen molar-refractivity contribution in [3.05, 3.63) is 83.8 Å². The molecule has 0 saturated heterocycles. The van der Waals surface area contributed by atoms with E-state index < -0.39 is 0 Å². The Kier molecular flexibility index (Phi) is 2.84. The van der Waals surface area contributed by atoms with Gasteiger partial charge in [-0.05, 0) is 17.2 Å². The minimum Gasteiger partial charge on any atom is -0.346 e. The van der Waals surface area contributed by atoms with Gasteiger partial charge in [-0.15, -0.1) is 0 Å².